The van der Waals surface area contributed by atoms with Crippen molar-refractivity contribution < 1.29 is 9.90 Å². The summed E-state index contributed by atoms with van der Waals surface area (Å²) in [6.07, 6.45) is 1.11. The number of amides is 2. The van der Waals surface area contributed by atoms with E-state index in [1.54, 1.807) is 7.05 Å². The summed E-state index contributed by atoms with van der Waals surface area (Å²) in [5.74, 6) is 0. The van der Waals surface area contributed by atoms with Gasteiger partial charge in [0.2, 0.25) is 0 Å². The maximum Gasteiger partial charge on any atom is 0.321 e. The van der Waals surface area contributed by atoms with Crippen LogP contribution in [-0.4, -0.2) is 42.8 Å². The quantitative estimate of drug-likeness (QED) is 0.717. The van der Waals surface area contributed by atoms with E-state index in [2.05, 4.69) is 24.5 Å². The van der Waals surface area contributed by atoms with E-state index in [0.717, 1.165) is 18.7 Å². The number of urea groups is 1. The van der Waals surface area contributed by atoms with Crippen LogP contribution in [0.15, 0.2) is 24.3 Å². The molecule has 5 heteroatoms. The summed E-state index contributed by atoms with van der Waals surface area (Å²) >= 11 is 0. The normalized spacial score (nSPS) is 12.0. The first-order chi connectivity index (χ1) is 9.58. The highest BCUT2D eigenvalue weighted by molar-refractivity contribution is 5.89. The van der Waals surface area contributed by atoms with E-state index in [-0.39, 0.29) is 12.6 Å². The third-order valence-electron chi connectivity index (χ3n) is 3.14. The fourth-order valence-corrected chi connectivity index (χ4v) is 1.80. The molecule has 1 atom stereocenters. The SMILES string of the molecule is CCCNC(C)c1ccc(NC(=O)N(C)CCO)cc1. The van der Waals surface area contributed by atoms with Gasteiger partial charge >= 0.3 is 6.03 Å². The number of likely N-dealkylation sites (N-methyl/N-ethyl adjacent to an activating group) is 1. The van der Waals surface area contributed by atoms with Gasteiger partial charge in [0.15, 0.2) is 0 Å². The van der Waals surface area contributed by atoms with E-state index >= 15 is 0 Å². The number of benzene rings is 1. The molecule has 0 radical (unpaired) electrons. The Labute approximate surface area is 121 Å². The van der Waals surface area contributed by atoms with Crippen LogP contribution < -0.4 is 10.6 Å². The summed E-state index contributed by atoms with van der Waals surface area (Å²) < 4.78 is 0. The van der Waals surface area contributed by atoms with Crippen LogP contribution in [0.25, 0.3) is 0 Å². The van der Waals surface area contributed by atoms with Gasteiger partial charge in [-0.3, -0.25) is 0 Å². The lowest BCUT2D eigenvalue weighted by atomic mass is 10.1. The standard InChI is InChI=1S/C15H25N3O2/c1-4-9-16-12(2)13-5-7-14(8-6-13)17-15(20)18(3)10-11-19/h5-8,12,16,19H,4,9-11H2,1-3H3,(H,17,20). The average Bonchev–Trinajstić information content (AvgIpc) is 2.45. The van der Waals surface area contributed by atoms with Crippen molar-refractivity contribution in [1.82, 2.24) is 10.2 Å². The van der Waals surface area contributed by atoms with Crippen LogP contribution in [0.1, 0.15) is 31.9 Å². The molecule has 2 amide bonds. The molecule has 3 N–H and O–H groups in total. The van der Waals surface area contributed by atoms with Crippen LogP contribution in [0.4, 0.5) is 10.5 Å². The second kappa shape index (κ2) is 8.55. The van der Waals surface area contributed by atoms with Crippen molar-refractivity contribution in [1.29, 1.82) is 0 Å². The molecular weight excluding hydrogens is 254 g/mol. The zero-order chi connectivity index (χ0) is 15.0. The Kier molecular flexibility index (Phi) is 7.04. The molecule has 0 aliphatic carbocycles. The summed E-state index contributed by atoms with van der Waals surface area (Å²) in [6.45, 7) is 5.54. The summed E-state index contributed by atoms with van der Waals surface area (Å²) in [4.78, 5) is 13.2. The maximum atomic E-state index is 11.8. The second-order valence-corrected chi connectivity index (χ2v) is 4.87. The topological polar surface area (TPSA) is 64.6 Å². The molecule has 0 fully saturated rings. The number of aliphatic hydroxyl groups is 1. The lowest BCUT2D eigenvalue weighted by molar-refractivity contribution is 0.202. The van der Waals surface area contributed by atoms with E-state index in [1.807, 2.05) is 24.3 Å². The predicted molar refractivity (Wildman–Crippen MR) is 81.9 cm³/mol. The Bertz CT molecular complexity index is 406. The number of rotatable bonds is 7. The van der Waals surface area contributed by atoms with Gasteiger partial charge in [-0.2, -0.15) is 0 Å². The first-order valence-electron chi connectivity index (χ1n) is 7.04. The smallest absolute Gasteiger partial charge is 0.321 e. The summed E-state index contributed by atoms with van der Waals surface area (Å²) in [7, 11) is 1.65. The molecule has 20 heavy (non-hydrogen) atoms. The molecule has 0 saturated heterocycles. The molecule has 1 aromatic rings. The number of nitrogens with one attached hydrogen (secondary N) is 2. The minimum atomic E-state index is -0.219. The van der Waals surface area contributed by atoms with Gasteiger partial charge in [0, 0.05) is 25.3 Å². The van der Waals surface area contributed by atoms with Crippen molar-refractivity contribution in [2.75, 3.05) is 32.1 Å². The van der Waals surface area contributed by atoms with Gasteiger partial charge in [-0.1, -0.05) is 19.1 Å². The zero-order valence-corrected chi connectivity index (χ0v) is 12.5. The molecule has 0 saturated carbocycles. The minimum absolute atomic E-state index is 0.0382. The van der Waals surface area contributed by atoms with Crippen LogP contribution in [0.3, 0.4) is 0 Å². The largest absolute Gasteiger partial charge is 0.395 e. The summed E-state index contributed by atoms with van der Waals surface area (Å²) in [5.41, 5.74) is 1.95. The summed E-state index contributed by atoms with van der Waals surface area (Å²) in [6, 6.07) is 7.89. The number of aliphatic hydroxyl groups excluding tert-OH is 1. The van der Waals surface area contributed by atoms with E-state index in [0.29, 0.717) is 12.6 Å². The van der Waals surface area contributed by atoms with E-state index < -0.39 is 0 Å². The highest BCUT2D eigenvalue weighted by Gasteiger charge is 2.08. The van der Waals surface area contributed by atoms with E-state index in [1.165, 1.54) is 10.5 Å². The van der Waals surface area contributed by atoms with Crippen molar-refractivity contribution in [3.63, 3.8) is 0 Å². The van der Waals surface area contributed by atoms with Crippen LogP contribution in [0, 0.1) is 0 Å². The fraction of sp³-hybridized carbons (Fsp3) is 0.533. The van der Waals surface area contributed by atoms with Gasteiger partial charge in [-0.05, 0) is 37.6 Å². The van der Waals surface area contributed by atoms with Crippen molar-refractivity contribution in [2.45, 2.75) is 26.3 Å². The van der Waals surface area contributed by atoms with Crippen LogP contribution in [-0.2, 0) is 0 Å². The Morgan fingerprint density at radius 3 is 2.55 bits per heavy atom. The van der Waals surface area contributed by atoms with Crippen molar-refractivity contribution in [3.8, 4) is 0 Å². The third-order valence-corrected chi connectivity index (χ3v) is 3.14. The number of anilines is 1. The molecule has 0 aliphatic heterocycles. The molecule has 5 nitrogen and oxygen atoms in total. The minimum Gasteiger partial charge on any atom is -0.395 e. The van der Waals surface area contributed by atoms with Crippen molar-refractivity contribution in [3.05, 3.63) is 29.8 Å². The molecule has 1 unspecified atom stereocenters. The van der Waals surface area contributed by atoms with E-state index in [4.69, 9.17) is 5.11 Å². The van der Waals surface area contributed by atoms with Gasteiger partial charge in [-0.15, -0.1) is 0 Å². The van der Waals surface area contributed by atoms with Gasteiger partial charge in [0.25, 0.3) is 0 Å². The lowest BCUT2D eigenvalue weighted by Gasteiger charge is -2.17. The number of hydrogen-bond donors (Lipinski definition) is 3. The van der Waals surface area contributed by atoms with E-state index in [9.17, 15) is 4.79 Å². The monoisotopic (exact) mass is 279 g/mol. The van der Waals surface area contributed by atoms with Gasteiger partial charge < -0.3 is 20.6 Å². The number of hydrogen-bond acceptors (Lipinski definition) is 3. The highest BCUT2D eigenvalue weighted by atomic mass is 16.3. The number of nitrogens with zero attached hydrogens (tertiary/aromatic N) is 1. The number of carbonyl (C=O) groups is 1. The molecule has 0 aliphatic rings. The van der Waals surface area contributed by atoms with Crippen LogP contribution in [0.5, 0.6) is 0 Å². The van der Waals surface area contributed by atoms with Crippen molar-refractivity contribution in [2.24, 2.45) is 0 Å². The molecule has 0 spiro atoms. The van der Waals surface area contributed by atoms with Gasteiger partial charge in [-0.25, -0.2) is 4.79 Å². The highest BCUT2D eigenvalue weighted by Crippen LogP contribution is 2.16. The van der Waals surface area contributed by atoms with Gasteiger partial charge in [0.05, 0.1) is 6.61 Å². The summed E-state index contributed by atoms with van der Waals surface area (Å²) in [5, 5.41) is 15.0. The molecule has 1 rings (SSSR count). The molecule has 1 aromatic carbocycles. The van der Waals surface area contributed by atoms with Crippen molar-refractivity contribution >= 4 is 11.7 Å². The Balaban J connectivity index is 2.56. The second-order valence-electron chi connectivity index (χ2n) is 4.87. The Morgan fingerprint density at radius 2 is 2.00 bits per heavy atom. The molecule has 112 valence electrons. The first-order valence-corrected chi connectivity index (χ1v) is 7.04. The molecule has 0 bridgehead atoms. The van der Waals surface area contributed by atoms with Crippen LogP contribution >= 0.6 is 0 Å². The lowest BCUT2D eigenvalue weighted by Crippen LogP contribution is -2.33. The first kappa shape index (κ1) is 16.5. The number of carbonyl (C=O) groups excluding carboxylic acids is 1. The average molecular weight is 279 g/mol. The molecular formula is C15H25N3O2. The maximum absolute atomic E-state index is 11.8. The Morgan fingerprint density at radius 1 is 1.35 bits per heavy atom. The fourth-order valence-electron chi connectivity index (χ4n) is 1.80. The third kappa shape index (κ3) is 5.19. The Hall–Kier alpha value is -1.59. The van der Waals surface area contributed by atoms with Gasteiger partial charge in [0.1, 0.15) is 0 Å². The zero-order valence-electron chi connectivity index (χ0n) is 12.5. The molecule has 0 aromatic heterocycles. The predicted octanol–water partition coefficient (Wildman–Crippen LogP) is 2.20. The van der Waals surface area contributed by atoms with Crippen LogP contribution in [0.2, 0.25) is 0 Å². The molecule has 0 heterocycles.